The Morgan fingerprint density at radius 1 is 1.32 bits per heavy atom. The minimum absolute atomic E-state index is 0.0489. The molecule has 0 atom stereocenters. The summed E-state index contributed by atoms with van der Waals surface area (Å²) < 4.78 is 1.54. The highest BCUT2D eigenvalue weighted by Crippen LogP contribution is 2.20. The molecule has 1 heterocycles. The van der Waals surface area contributed by atoms with Crippen molar-refractivity contribution in [2.45, 2.75) is 32.3 Å². The molecule has 0 fully saturated rings. The van der Waals surface area contributed by atoms with Crippen LogP contribution in [0.25, 0.3) is 5.69 Å². The Bertz CT molecular complexity index is 731. The first kappa shape index (κ1) is 18.9. The van der Waals surface area contributed by atoms with E-state index in [4.69, 9.17) is 0 Å². The third kappa shape index (κ3) is 6.18. The molecule has 8 nitrogen and oxygen atoms in total. The first-order valence-electron chi connectivity index (χ1n) is 8.01. The number of rotatable bonds is 8. The summed E-state index contributed by atoms with van der Waals surface area (Å²) in [5.41, 5.74) is 1.36. The van der Waals surface area contributed by atoms with Gasteiger partial charge in [-0.3, -0.25) is 9.59 Å². The second kappa shape index (κ2) is 9.16. The molecular weight excluding hydrogens is 340 g/mol. The maximum absolute atomic E-state index is 11.9. The molecular formula is C16H22N6O2S. The Kier molecular flexibility index (Phi) is 6.93. The summed E-state index contributed by atoms with van der Waals surface area (Å²) in [7, 11) is 0. The fraction of sp³-hybridized carbons (Fsp3) is 0.438. The molecule has 0 saturated carbocycles. The van der Waals surface area contributed by atoms with Crippen LogP contribution in [0.1, 0.15) is 27.2 Å². The van der Waals surface area contributed by atoms with Gasteiger partial charge >= 0.3 is 0 Å². The number of tetrazole rings is 1. The molecule has 0 spiro atoms. The van der Waals surface area contributed by atoms with Crippen LogP contribution in [0, 0.1) is 5.92 Å². The van der Waals surface area contributed by atoms with Crippen LogP contribution in [0.15, 0.2) is 29.4 Å². The van der Waals surface area contributed by atoms with Crippen LogP contribution in [-0.4, -0.2) is 44.3 Å². The molecule has 1 aromatic heterocycles. The van der Waals surface area contributed by atoms with Gasteiger partial charge in [0.25, 0.3) is 0 Å². The fourth-order valence-corrected chi connectivity index (χ4v) is 2.75. The van der Waals surface area contributed by atoms with Crippen LogP contribution in [0.4, 0.5) is 5.69 Å². The maximum Gasteiger partial charge on any atom is 0.230 e. The van der Waals surface area contributed by atoms with E-state index in [1.165, 1.54) is 23.4 Å². The van der Waals surface area contributed by atoms with Gasteiger partial charge in [-0.1, -0.05) is 31.7 Å². The van der Waals surface area contributed by atoms with E-state index in [-0.39, 0.29) is 17.6 Å². The van der Waals surface area contributed by atoms with Crippen LogP contribution in [0.3, 0.4) is 0 Å². The van der Waals surface area contributed by atoms with Crippen molar-refractivity contribution in [2.24, 2.45) is 5.92 Å². The third-order valence-electron chi connectivity index (χ3n) is 3.23. The van der Waals surface area contributed by atoms with Crippen LogP contribution in [0.2, 0.25) is 0 Å². The number of hydrogen-bond donors (Lipinski definition) is 2. The Morgan fingerprint density at radius 2 is 2.12 bits per heavy atom. The standard InChI is InChI=1S/C16H22N6O2S/c1-11(2)7-8-17-15(24)10-25-16-19-20-21-22(16)14-6-4-5-13(9-14)18-12(3)23/h4-6,9,11H,7-8,10H2,1-3H3,(H,17,24)(H,18,23). The minimum atomic E-state index is -0.151. The van der Waals surface area contributed by atoms with Crippen molar-refractivity contribution in [3.63, 3.8) is 0 Å². The number of amides is 2. The van der Waals surface area contributed by atoms with Gasteiger partial charge in [-0.15, -0.1) is 5.10 Å². The molecule has 25 heavy (non-hydrogen) atoms. The van der Waals surface area contributed by atoms with Crippen molar-refractivity contribution in [3.05, 3.63) is 24.3 Å². The highest BCUT2D eigenvalue weighted by atomic mass is 32.2. The van der Waals surface area contributed by atoms with Crippen molar-refractivity contribution in [3.8, 4) is 5.69 Å². The number of carbonyl (C=O) groups is 2. The summed E-state index contributed by atoms with van der Waals surface area (Å²) >= 11 is 1.26. The molecule has 0 bridgehead atoms. The fourth-order valence-electron chi connectivity index (χ4n) is 2.03. The molecule has 0 unspecified atom stereocenters. The van der Waals surface area contributed by atoms with Crippen molar-refractivity contribution < 1.29 is 9.59 Å². The first-order valence-corrected chi connectivity index (χ1v) is 9.00. The summed E-state index contributed by atoms with van der Waals surface area (Å²) in [4.78, 5) is 23.1. The molecule has 0 aliphatic rings. The van der Waals surface area contributed by atoms with Crippen LogP contribution >= 0.6 is 11.8 Å². The van der Waals surface area contributed by atoms with Gasteiger partial charge in [0, 0.05) is 19.2 Å². The van der Waals surface area contributed by atoms with Crippen molar-refractivity contribution in [1.82, 2.24) is 25.5 Å². The number of carbonyl (C=O) groups excluding carboxylic acids is 2. The van der Waals surface area contributed by atoms with E-state index < -0.39 is 0 Å². The zero-order valence-corrected chi connectivity index (χ0v) is 15.3. The van der Waals surface area contributed by atoms with E-state index in [1.807, 2.05) is 6.07 Å². The average Bonchev–Trinajstić information content (AvgIpc) is 3.00. The van der Waals surface area contributed by atoms with Crippen LogP contribution < -0.4 is 10.6 Å². The average molecular weight is 362 g/mol. The zero-order chi connectivity index (χ0) is 18.2. The monoisotopic (exact) mass is 362 g/mol. The maximum atomic E-state index is 11.9. The Labute approximate surface area is 150 Å². The van der Waals surface area contributed by atoms with Gasteiger partial charge in [-0.25, -0.2) is 0 Å². The summed E-state index contributed by atoms with van der Waals surface area (Å²) in [6.07, 6.45) is 0.948. The van der Waals surface area contributed by atoms with E-state index in [0.717, 1.165) is 6.42 Å². The molecule has 0 aliphatic heterocycles. The first-order chi connectivity index (χ1) is 12.0. The number of aromatic nitrogens is 4. The number of thioether (sulfide) groups is 1. The largest absolute Gasteiger partial charge is 0.355 e. The predicted octanol–water partition coefficient (Wildman–Crippen LogP) is 1.88. The Balaban J connectivity index is 1.98. The normalized spacial score (nSPS) is 10.7. The molecule has 2 rings (SSSR count). The highest BCUT2D eigenvalue weighted by molar-refractivity contribution is 7.99. The van der Waals surface area contributed by atoms with Gasteiger partial charge in [0.05, 0.1) is 11.4 Å². The third-order valence-corrected chi connectivity index (χ3v) is 4.15. The lowest BCUT2D eigenvalue weighted by molar-refractivity contribution is -0.118. The number of benzene rings is 1. The predicted molar refractivity (Wildman–Crippen MR) is 96.6 cm³/mol. The molecule has 2 aromatic rings. The second-order valence-corrected chi connectivity index (χ2v) is 6.87. The van der Waals surface area contributed by atoms with Crippen LogP contribution in [0.5, 0.6) is 0 Å². The second-order valence-electron chi connectivity index (χ2n) is 5.93. The van der Waals surface area contributed by atoms with Gasteiger partial charge in [0.15, 0.2) is 0 Å². The smallest absolute Gasteiger partial charge is 0.230 e. The summed E-state index contributed by atoms with van der Waals surface area (Å²) in [5, 5.41) is 17.7. The van der Waals surface area contributed by atoms with Gasteiger partial charge in [-0.2, -0.15) is 4.68 Å². The highest BCUT2D eigenvalue weighted by Gasteiger charge is 2.12. The van der Waals surface area contributed by atoms with E-state index in [9.17, 15) is 9.59 Å². The van der Waals surface area contributed by atoms with E-state index in [2.05, 4.69) is 40.0 Å². The summed E-state index contributed by atoms with van der Waals surface area (Å²) in [5.74, 6) is 0.592. The van der Waals surface area contributed by atoms with Gasteiger partial charge < -0.3 is 10.6 Å². The minimum Gasteiger partial charge on any atom is -0.355 e. The van der Waals surface area contributed by atoms with Crippen molar-refractivity contribution >= 4 is 29.3 Å². The lowest BCUT2D eigenvalue weighted by Crippen LogP contribution is -2.27. The molecule has 0 radical (unpaired) electrons. The van der Waals surface area contributed by atoms with Crippen LogP contribution in [-0.2, 0) is 9.59 Å². The molecule has 1 aromatic carbocycles. The lowest BCUT2D eigenvalue weighted by atomic mass is 10.1. The van der Waals surface area contributed by atoms with Crippen molar-refractivity contribution in [1.29, 1.82) is 0 Å². The number of nitrogens with zero attached hydrogens (tertiary/aromatic N) is 4. The topological polar surface area (TPSA) is 102 Å². The van der Waals surface area contributed by atoms with Gasteiger partial charge in [0.1, 0.15) is 0 Å². The lowest BCUT2D eigenvalue weighted by Gasteiger charge is -2.08. The summed E-state index contributed by atoms with van der Waals surface area (Å²) in [6.45, 7) is 6.35. The number of anilines is 1. The summed E-state index contributed by atoms with van der Waals surface area (Å²) in [6, 6.07) is 7.18. The van der Waals surface area contributed by atoms with E-state index in [1.54, 1.807) is 18.2 Å². The molecule has 0 saturated heterocycles. The molecule has 134 valence electrons. The SMILES string of the molecule is CC(=O)Nc1cccc(-n2nnnc2SCC(=O)NCCC(C)C)c1. The van der Waals surface area contributed by atoms with E-state index in [0.29, 0.717) is 29.0 Å². The molecule has 2 amide bonds. The Hall–Kier alpha value is -2.42. The quantitative estimate of drug-likeness (QED) is 0.695. The van der Waals surface area contributed by atoms with Gasteiger partial charge in [0.2, 0.25) is 17.0 Å². The van der Waals surface area contributed by atoms with Gasteiger partial charge in [-0.05, 0) is 41.0 Å². The molecule has 0 aliphatic carbocycles. The molecule has 2 N–H and O–H groups in total. The van der Waals surface area contributed by atoms with Crippen molar-refractivity contribution in [2.75, 3.05) is 17.6 Å². The Morgan fingerprint density at radius 3 is 2.84 bits per heavy atom. The zero-order valence-electron chi connectivity index (χ0n) is 14.5. The van der Waals surface area contributed by atoms with E-state index >= 15 is 0 Å². The number of nitrogens with one attached hydrogen (secondary N) is 2. The number of hydrogen-bond acceptors (Lipinski definition) is 6. The molecule has 9 heteroatoms.